The lowest BCUT2D eigenvalue weighted by Crippen LogP contribution is -2.23. The number of aryl methyl sites for hydroxylation is 4. The standard InChI is InChI=1S/C20H21N3O3/c1-12-5-6-13(2)17(9-12)25-18-8-7-16(10-21-18)11-22-20(24)19-14(3)23-26-15(19)4/h5-10H,11H2,1-4H3,(H,22,24). The summed E-state index contributed by atoms with van der Waals surface area (Å²) >= 11 is 0. The van der Waals surface area contributed by atoms with Gasteiger partial charge in [0.15, 0.2) is 0 Å². The number of hydrogen-bond acceptors (Lipinski definition) is 5. The Morgan fingerprint density at radius 1 is 1.15 bits per heavy atom. The zero-order valence-corrected chi connectivity index (χ0v) is 15.3. The van der Waals surface area contributed by atoms with E-state index in [4.69, 9.17) is 9.26 Å². The average Bonchev–Trinajstić information content (AvgIpc) is 2.96. The molecule has 26 heavy (non-hydrogen) atoms. The molecule has 1 N–H and O–H groups in total. The first-order chi connectivity index (χ1) is 12.4. The summed E-state index contributed by atoms with van der Waals surface area (Å²) in [7, 11) is 0. The van der Waals surface area contributed by atoms with E-state index in [9.17, 15) is 4.79 Å². The third-order valence-corrected chi connectivity index (χ3v) is 4.07. The van der Waals surface area contributed by atoms with Gasteiger partial charge in [-0.3, -0.25) is 4.79 Å². The number of pyridine rings is 1. The molecule has 3 rings (SSSR count). The molecular formula is C20H21N3O3. The van der Waals surface area contributed by atoms with Crippen molar-refractivity contribution in [2.45, 2.75) is 34.2 Å². The third-order valence-electron chi connectivity index (χ3n) is 4.07. The number of carbonyl (C=O) groups excluding carboxylic acids is 1. The maximum atomic E-state index is 12.2. The summed E-state index contributed by atoms with van der Waals surface area (Å²) in [6.07, 6.45) is 1.69. The van der Waals surface area contributed by atoms with Gasteiger partial charge in [-0.15, -0.1) is 0 Å². The van der Waals surface area contributed by atoms with Gasteiger partial charge in [-0.05, 0) is 50.5 Å². The van der Waals surface area contributed by atoms with Crippen molar-refractivity contribution in [3.05, 3.63) is 70.2 Å². The first-order valence-electron chi connectivity index (χ1n) is 8.35. The quantitative estimate of drug-likeness (QED) is 0.751. The topological polar surface area (TPSA) is 77.2 Å². The fourth-order valence-corrected chi connectivity index (χ4v) is 2.58. The zero-order chi connectivity index (χ0) is 18.7. The number of rotatable bonds is 5. The van der Waals surface area contributed by atoms with Crippen LogP contribution in [0.3, 0.4) is 0 Å². The maximum Gasteiger partial charge on any atom is 0.257 e. The van der Waals surface area contributed by atoms with Gasteiger partial charge >= 0.3 is 0 Å². The minimum Gasteiger partial charge on any atom is -0.439 e. The number of ether oxygens (including phenoxy) is 1. The van der Waals surface area contributed by atoms with E-state index in [0.717, 1.165) is 22.4 Å². The first kappa shape index (κ1) is 17.7. The molecule has 0 unspecified atom stereocenters. The molecule has 0 aliphatic rings. The van der Waals surface area contributed by atoms with Crippen molar-refractivity contribution < 1.29 is 14.1 Å². The van der Waals surface area contributed by atoms with E-state index < -0.39 is 0 Å². The molecule has 6 nitrogen and oxygen atoms in total. The van der Waals surface area contributed by atoms with Crippen LogP contribution < -0.4 is 10.1 Å². The van der Waals surface area contributed by atoms with E-state index in [-0.39, 0.29) is 5.91 Å². The van der Waals surface area contributed by atoms with Crippen molar-refractivity contribution in [1.82, 2.24) is 15.5 Å². The number of nitrogens with one attached hydrogen (secondary N) is 1. The average molecular weight is 351 g/mol. The van der Waals surface area contributed by atoms with Crippen LogP contribution in [0.1, 0.15) is 38.5 Å². The fraction of sp³-hybridized carbons (Fsp3) is 0.250. The van der Waals surface area contributed by atoms with Gasteiger partial charge in [-0.2, -0.15) is 0 Å². The van der Waals surface area contributed by atoms with E-state index in [1.807, 2.05) is 38.1 Å². The largest absolute Gasteiger partial charge is 0.439 e. The van der Waals surface area contributed by atoms with E-state index in [1.165, 1.54) is 0 Å². The number of amides is 1. The zero-order valence-electron chi connectivity index (χ0n) is 15.3. The lowest BCUT2D eigenvalue weighted by molar-refractivity contribution is 0.0949. The highest BCUT2D eigenvalue weighted by Gasteiger charge is 2.17. The summed E-state index contributed by atoms with van der Waals surface area (Å²) in [6, 6.07) is 9.71. The second-order valence-electron chi connectivity index (χ2n) is 6.26. The van der Waals surface area contributed by atoms with Crippen LogP contribution in [0, 0.1) is 27.7 Å². The first-order valence-corrected chi connectivity index (χ1v) is 8.35. The number of carbonyl (C=O) groups is 1. The summed E-state index contributed by atoms with van der Waals surface area (Å²) in [6.45, 7) is 7.83. The highest BCUT2D eigenvalue weighted by molar-refractivity contribution is 5.96. The molecule has 0 aliphatic heterocycles. The highest BCUT2D eigenvalue weighted by atomic mass is 16.5. The highest BCUT2D eigenvalue weighted by Crippen LogP contribution is 2.24. The van der Waals surface area contributed by atoms with Crippen molar-refractivity contribution >= 4 is 5.91 Å². The van der Waals surface area contributed by atoms with E-state index in [1.54, 1.807) is 26.1 Å². The molecule has 3 aromatic rings. The molecule has 134 valence electrons. The van der Waals surface area contributed by atoms with Gasteiger partial charge in [0.1, 0.15) is 17.1 Å². The van der Waals surface area contributed by atoms with Crippen LogP contribution >= 0.6 is 0 Å². The van der Waals surface area contributed by atoms with Crippen LogP contribution in [-0.2, 0) is 6.54 Å². The minimum atomic E-state index is -0.211. The third kappa shape index (κ3) is 3.91. The molecule has 0 fully saturated rings. The fourth-order valence-electron chi connectivity index (χ4n) is 2.58. The molecule has 2 aromatic heterocycles. The molecule has 0 bridgehead atoms. The Morgan fingerprint density at radius 2 is 1.96 bits per heavy atom. The number of nitrogens with zero attached hydrogens (tertiary/aromatic N) is 2. The van der Waals surface area contributed by atoms with Crippen LogP contribution in [0.15, 0.2) is 41.1 Å². The predicted molar refractivity (Wildman–Crippen MR) is 97.4 cm³/mol. The molecule has 0 atom stereocenters. The number of hydrogen-bond donors (Lipinski definition) is 1. The van der Waals surface area contributed by atoms with Crippen LogP contribution in [-0.4, -0.2) is 16.0 Å². The van der Waals surface area contributed by atoms with Gasteiger partial charge in [-0.25, -0.2) is 4.98 Å². The van der Waals surface area contributed by atoms with Crippen molar-refractivity contribution in [1.29, 1.82) is 0 Å². The van der Waals surface area contributed by atoms with Crippen molar-refractivity contribution in [2.75, 3.05) is 0 Å². The molecular weight excluding hydrogens is 330 g/mol. The molecule has 0 saturated carbocycles. The molecule has 6 heteroatoms. The van der Waals surface area contributed by atoms with E-state index in [0.29, 0.717) is 29.4 Å². The predicted octanol–water partition coefficient (Wildman–Crippen LogP) is 4.03. The molecule has 0 spiro atoms. The maximum absolute atomic E-state index is 12.2. The molecule has 0 saturated heterocycles. The summed E-state index contributed by atoms with van der Waals surface area (Å²) in [5, 5.41) is 6.64. The second-order valence-corrected chi connectivity index (χ2v) is 6.26. The lowest BCUT2D eigenvalue weighted by Gasteiger charge is -2.09. The van der Waals surface area contributed by atoms with Gasteiger partial charge in [0.25, 0.3) is 5.91 Å². The SMILES string of the molecule is Cc1ccc(C)c(Oc2ccc(CNC(=O)c3c(C)noc3C)cn2)c1. The summed E-state index contributed by atoms with van der Waals surface area (Å²) in [5.41, 5.74) is 4.11. The Bertz CT molecular complexity index is 910. The molecule has 2 heterocycles. The monoisotopic (exact) mass is 351 g/mol. The Labute approximate surface area is 152 Å². The van der Waals surface area contributed by atoms with Crippen LogP contribution in [0.25, 0.3) is 0 Å². The normalized spacial score (nSPS) is 10.6. The van der Waals surface area contributed by atoms with Gasteiger partial charge in [0, 0.05) is 18.8 Å². The van der Waals surface area contributed by atoms with Gasteiger partial charge in [-0.1, -0.05) is 23.4 Å². The molecule has 0 aliphatic carbocycles. The van der Waals surface area contributed by atoms with Crippen molar-refractivity contribution in [2.24, 2.45) is 0 Å². The molecule has 1 aromatic carbocycles. The van der Waals surface area contributed by atoms with E-state index >= 15 is 0 Å². The van der Waals surface area contributed by atoms with Crippen LogP contribution in [0.5, 0.6) is 11.6 Å². The van der Waals surface area contributed by atoms with Crippen LogP contribution in [0.2, 0.25) is 0 Å². The van der Waals surface area contributed by atoms with Gasteiger partial charge in [0.2, 0.25) is 5.88 Å². The second kappa shape index (κ2) is 7.39. The Balaban J connectivity index is 1.63. The molecule has 1 amide bonds. The molecule has 0 radical (unpaired) electrons. The van der Waals surface area contributed by atoms with Crippen LogP contribution in [0.4, 0.5) is 0 Å². The van der Waals surface area contributed by atoms with Gasteiger partial charge < -0.3 is 14.6 Å². The number of aromatic nitrogens is 2. The van der Waals surface area contributed by atoms with Crippen molar-refractivity contribution in [3.8, 4) is 11.6 Å². The lowest BCUT2D eigenvalue weighted by atomic mass is 10.1. The minimum absolute atomic E-state index is 0.211. The summed E-state index contributed by atoms with van der Waals surface area (Å²) in [4.78, 5) is 16.6. The Hall–Kier alpha value is -3.15. The van der Waals surface area contributed by atoms with Gasteiger partial charge in [0.05, 0.1) is 5.69 Å². The Kier molecular flexibility index (Phi) is 5.02. The Morgan fingerprint density at radius 3 is 2.62 bits per heavy atom. The smallest absolute Gasteiger partial charge is 0.257 e. The van der Waals surface area contributed by atoms with E-state index in [2.05, 4.69) is 15.5 Å². The summed E-state index contributed by atoms with van der Waals surface area (Å²) in [5.74, 6) is 1.60. The van der Waals surface area contributed by atoms with Crippen molar-refractivity contribution in [3.63, 3.8) is 0 Å². The summed E-state index contributed by atoms with van der Waals surface area (Å²) < 4.78 is 10.9. The number of benzene rings is 1.